The molecule has 4 nitrogen and oxygen atoms in total. The lowest BCUT2D eigenvalue weighted by molar-refractivity contribution is -0.147. The summed E-state index contributed by atoms with van der Waals surface area (Å²) in [6, 6.07) is 14.5. The second-order valence-electron chi connectivity index (χ2n) is 4.80. The first kappa shape index (κ1) is 17.3. The fourth-order valence-electron chi connectivity index (χ4n) is 1.90. The largest absolute Gasteiger partial charge is 0.456 e. The third-order valence-electron chi connectivity index (χ3n) is 3.05. The third kappa shape index (κ3) is 5.58. The summed E-state index contributed by atoms with van der Waals surface area (Å²) in [6.45, 7) is -0.365. The van der Waals surface area contributed by atoms with Crippen molar-refractivity contribution in [3.63, 3.8) is 0 Å². The molecule has 2 aromatic carbocycles. The molecule has 0 heterocycles. The van der Waals surface area contributed by atoms with Crippen LogP contribution < -0.4 is 5.32 Å². The number of amides is 1. The van der Waals surface area contributed by atoms with Gasteiger partial charge in [0, 0.05) is 6.42 Å². The van der Waals surface area contributed by atoms with Crippen molar-refractivity contribution in [1.29, 1.82) is 0 Å². The Morgan fingerprint density at radius 3 is 2.48 bits per heavy atom. The minimum Gasteiger partial charge on any atom is -0.456 e. The summed E-state index contributed by atoms with van der Waals surface area (Å²) < 4.78 is 4.94. The summed E-state index contributed by atoms with van der Waals surface area (Å²) >= 11 is 11.8. The van der Waals surface area contributed by atoms with E-state index >= 15 is 0 Å². The van der Waals surface area contributed by atoms with Crippen molar-refractivity contribution in [3.05, 3.63) is 64.1 Å². The molecule has 23 heavy (non-hydrogen) atoms. The summed E-state index contributed by atoms with van der Waals surface area (Å²) in [5.74, 6) is -0.900. The second kappa shape index (κ2) is 8.56. The van der Waals surface area contributed by atoms with E-state index < -0.39 is 11.9 Å². The van der Waals surface area contributed by atoms with Crippen LogP contribution in [0.25, 0.3) is 0 Å². The third-order valence-corrected chi connectivity index (χ3v) is 3.87. The molecule has 0 saturated heterocycles. The zero-order valence-electron chi connectivity index (χ0n) is 12.2. The number of hydrogen-bond donors (Lipinski definition) is 1. The quantitative estimate of drug-likeness (QED) is 0.796. The highest BCUT2D eigenvalue weighted by molar-refractivity contribution is 6.43. The average Bonchev–Trinajstić information content (AvgIpc) is 2.56. The summed E-state index contributed by atoms with van der Waals surface area (Å²) in [5.41, 5.74) is 1.42. The van der Waals surface area contributed by atoms with E-state index in [1.165, 1.54) is 0 Å². The highest BCUT2D eigenvalue weighted by Crippen LogP contribution is 2.29. The first-order valence-electron chi connectivity index (χ1n) is 6.99. The van der Waals surface area contributed by atoms with Crippen molar-refractivity contribution in [1.82, 2.24) is 0 Å². The molecular weight excluding hydrogens is 337 g/mol. The Labute approximate surface area is 144 Å². The number of rotatable bonds is 6. The SMILES string of the molecule is O=C(COC(=O)CCc1ccccc1)Nc1cccc(Cl)c1Cl. The van der Waals surface area contributed by atoms with Crippen LogP contribution in [0.3, 0.4) is 0 Å². The van der Waals surface area contributed by atoms with Gasteiger partial charge in [-0.25, -0.2) is 0 Å². The fraction of sp³-hybridized carbons (Fsp3) is 0.176. The molecule has 6 heteroatoms. The first-order chi connectivity index (χ1) is 11.1. The van der Waals surface area contributed by atoms with Gasteiger partial charge in [0.2, 0.25) is 0 Å². The van der Waals surface area contributed by atoms with Crippen molar-refractivity contribution in [2.24, 2.45) is 0 Å². The Morgan fingerprint density at radius 1 is 1.00 bits per heavy atom. The van der Waals surface area contributed by atoms with Gasteiger partial charge in [-0.3, -0.25) is 9.59 Å². The number of esters is 1. The van der Waals surface area contributed by atoms with Crippen molar-refractivity contribution in [2.45, 2.75) is 12.8 Å². The molecule has 1 N–H and O–H groups in total. The Hall–Kier alpha value is -2.04. The van der Waals surface area contributed by atoms with Crippen molar-refractivity contribution < 1.29 is 14.3 Å². The van der Waals surface area contributed by atoms with E-state index in [0.29, 0.717) is 17.1 Å². The van der Waals surface area contributed by atoms with E-state index in [4.69, 9.17) is 27.9 Å². The standard InChI is InChI=1S/C17H15Cl2NO3/c18-13-7-4-8-14(17(13)19)20-15(21)11-23-16(22)10-9-12-5-2-1-3-6-12/h1-8H,9-11H2,(H,20,21). The molecule has 0 unspecified atom stereocenters. The van der Waals surface area contributed by atoms with Gasteiger partial charge in [0.25, 0.3) is 5.91 Å². The molecule has 0 saturated carbocycles. The molecule has 0 aliphatic heterocycles. The maximum absolute atomic E-state index is 11.8. The number of halogens is 2. The first-order valence-corrected chi connectivity index (χ1v) is 7.75. The van der Waals surface area contributed by atoms with Crippen LogP contribution >= 0.6 is 23.2 Å². The topological polar surface area (TPSA) is 55.4 Å². The highest BCUT2D eigenvalue weighted by atomic mass is 35.5. The van der Waals surface area contributed by atoms with Gasteiger partial charge in [0.05, 0.1) is 15.7 Å². The van der Waals surface area contributed by atoms with Crippen LogP contribution in [0.1, 0.15) is 12.0 Å². The molecular formula is C17H15Cl2NO3. The Balaban J connectivity index is 1.75. The second-order valence-corrected chi connectivity index (χ2v) is 5.58. The number of anilines is 1. The lowest BCUT2D eigenvalue weighted by Gasteiger charge is -2.09. The molecule has 0 aromatic heterocycles. The normalized spacial score (nSPS) is 10.2. The lowest BCUT2D eigenvalue weighted by atomic mass is 10.1. The molecule has 0 bridgehead atoms. The number of benzene rings is 2. The van der Waals surface area contributed by atoms with Crippen LogP contribution in [0.15, 0.2) is 48.5 Å². The average molecular weight is 352 g/mol. The lowest BCUT2D eigenvalue weighted by Crippen LogP contribution is -2.21. The number of hydrogen-bond acceptors (Lipinski definition) is 3. The van der Waals surface area contributed by atoms with Crippen LogP contribution in [0.4, 0.5) is 5.69 Å². The Kier molecular flexibility index (Phi) is 6.44. The molecule has 0 spiro atoms. The molecule has 0 fully saturated rings. The minimum absolute atomic E-state index is 0.217. The van der Waals surface area contributed by atoms with Gasteiger partial charge >= 0.3 is 5.97 Å². The maximum atomic E-state index is 11.8. The molecule has 1 amide bonds. The smallest absolute Gasteiger partial charge is 0.306 e. The monoisotopic (exact) mass is 351 g/mol. The molecule has 2 rings (SSSR count). The zero-order chi connectivity index (χ0) is 16.7. The van der Waals surface area contributed by atoms with Crippen molar-refractivity contribution in [2.75, 3.05) is 11.9 Å². The molecule has 0 atom stereocenters. The summed E-state index contributed by atoms with van der Waals surface area (Å²) in [5, 5.41) is 3.13. The van der Waals surface area contributed by atoms with E-state index in [-0.39, 0.29) is 18.1 Å². The number of carbonyl (C=O) groups is 2. The van der Waals surface area contributed by atoms with Gasteiger partial charge in [-0.15, -0.1) is 0 Å². The Bertz CT molecular complexity index is 689. The van der Waals surface area contributed by atoms with Gasteiger partial charge in [-0.2, -0.15) is 0 Å². The molecule has 0 radical (unpaired) electrons. The van der Waals surface area contributed by atoms with Gasteiger partial charge < -0.3 is 10.1 Å². The maximum Gasteiger partial charge on any atom is 0.306 e. The van der Waals surface area contributed by atoms with Crippen molar-refractivity contribution in [3.8, 4) is 0 Å². The minimum atomic E-state index is -0.470. The number of nitrogens with one attached hydrogen (secondary N) is 1. The Morgan fingerprint density at radius 2 is 1.74 bits per heavy atom. The van der Waals surface area contributed by atoms with Crippen LogP contribution in [0.2, 0.25) is 10.0 Å². The van der Waals surface area contributed by atoms with Crippen LogP contribution in [-0.2, 0) is 20.7 Å². The number of ether oxygens (including phenoxy) is 1. The van der Waals surface area contributed by atoms with Gasteiger partial charge in [-0.1, -0.05) is 59.6 Å². The molecule has 120 valence electrons. The van der Waals surface area contributed by atoms with E-state index in [2.05, 4.69) is 5.32 Å². The zero-order valence-corrected chi connectivity index (χ0v) is 13.7. The van der Waals surface area contributed by atoms with E-state index in [1.807, 2.05) is 30.3 Å². The predicted octanol–water partition coefficient (Wildman–Crippen LogP) is 4.11. The molecule has 2 aromatic rings. The molecule has 0 aliphatic rings. The summed E-state index contributed by atoms with van der Waals surface area (Å²) in [7, 11) is 0. The van der Waals surface area contributed by atoms with E-state index in [1.54, 1.807) is 18.2 Å². The predicted molar refractivity (Wildman–Crippen MR) is 90.8 cm³/mol. The van der Waals surface area contributed by atoms with Crippen LogP contribution in [-0.4, -0.2) is 18.5 Å². The van der Waals surface area contributed by atoms with Gasteiger partial charge in [0.1, 0.15) is 0 Å². The van der Waals surface area contributed by atoms with Crippen LogP contribution in [0, 0.1) is 0 Å². The summed E-state index contributed by atoms with van der Waals surface area (Å²) in [4.78, 5) is 23.4. The molecule has 0 aliphatic carbocycles. The van der Waals surface area contributed by atoms with Crippen LogP contribution in [0.5, 0.6) is 0 Å². The van der Waals surface area contributed by atoms with Crippen molar-refractivity contribution >= 4 is 40.8 Å². The van der Waals surface area contributed by atoms with Gasteiger partial charge in [-0.05, 0) is 24.1 Å². The number of aryl methyl sites for hydroxylation is 1. The van der Waals surface area contributed by atoms with Gasteiger partial charge in [0.15, 0.2) is 6.61 Å². The number of carbonyl (C=O) groups excluding carboxylic acids is 2. The van der Waals surface area contributed by atoms with E-state index in [0.717, 1.165) is 5.56 Å². The fourth-order valence-corrected chi connectivity index (χ4v) is 2.24. The summed E-state index contributed by atoms with van der Waals surface area (Å²) in [6.07, 6.45) is 0.788. The highest BCUT2D eigenvalue weighted by Gasteiger charge is 2.11. The van der Waals surface area contributed by atoms with E-state index in [9.17, 15) is 9.59 Å².